The molecule has 1 N–H and O–H groups in total. The molecule has 0 radical (unpaired) electrons. The Morgan fingerprint density at radius 3 is 2.40 bits per heavy atom. The fourth-order valence-electron chi connectivity index (χ4n) is 3.14. The van der Waals surface area contributed by atoms with Gasteiger partial charge in [0.2, 0.25) is 0 Å². The first-order valence-corrected chi connectivity index (χ1v) is 9.81. The van der Waals surface area contributed by atoms with E-state index in [-0.39, 0.29) is 5.91 Å². The van der Waals surface area contributed by atoms with Gasteiger partial charge in [-0.3, -0.25) is 4.79 Å². The van der Waals surface area contributed by atoms with Crippen LogP contribution in [0.15, 0.2) is 47.6 Å². The first-order valence-electron chi connectivity index (χ1n) is 9.05. The van der Waals surface area contributed by atoms with E-state index >= 15 is 0 Å². The van der Waals surface area contributed by atoms with Crippen molar-refractivity contribution < 1.29 is 14.3 Å². The van der Waals surface area contributed by atoms with E-state index in [0.717, 1.165) is 22.6 Å². The van der Waals surface area contributed by atoms with Crippen molar-refractivity contribution in [3.8, 4) is 17.2 Å². The van der Waals surface area contributed by atoms with Gasteiger partial charge in [-0.2, -0.15) is 5.10 Å². The predicted molar refractivity (Wildman–Crippen MR) is 120 cm³/mol. The molecule has 0 bridgehead atoms. The van der Waals surface area contributed by atoms with Crippen LogP contribution in [0.3, 0.4) is 0 Å². The van der Waals surface area contributed by atoms with Crippen LogP contribution in [0.25, 0.3) is 5.69 Å². The average molecular weight is 446 g/mol. The molecule has 30 heavy (non-hydrogen) atoms. The first kappa shape index (κ1) is 21.7. The topological polar surface area (TPSA) is 64.8 Å². The molecule has 6 nitrogen and oxygen atoms in total. The Morgan fingerprint density at radius 1 is 1.00 bits per heavy atom. The van der Waals surface area contributed by atoms with Gasteiger partial charge in [-0.1, -0.05) is 23.2 Å². The second-order valence-corrected chi connectivity index (χ2v) is 7.34. The fourth-order valence-corrected chi connectivity index (χ4v) is 3.43. The van der Waals surface area contributed by atoms with Crippen molar-refractivity contribution >= 4 is 35.3 Å². The number of hydrazone groups is 1. The van der Waals surface area contributed by atoms with Crippen LogP contribution in [0.1, 0.15) is 27.3 Å². The van der Waals surface area contributed by atoms with Crippen LogP contribution in [-0.2, 0) is 0 Å². The third kappa shape index (κ3) is 4.45. The monoisotopic (exact) mass is 445 g/mol. The van der Waals surface area contributed by atoms with Gasteiger partial charge in [-0.15, -0.1) is 0 Å². The lowest BCUT2D eigenvalue weighted by molar-refractivity contribution is 0.0954. The Balaban J connectivity index is 1.78. The zero-order chi connectivity index (χ0) is 21.8. The van der Waals surface area contributed by atoms with Crippen LogP contribution in [0.2, 0.25) is 10.0 Å². The highest BCUT2D eigenvalue weighted by Crippen LogP contribution is 2.28. The minimum Gasteiger partial charge on any atom is -0.493 e. The van der Waals surface area contributed by atoms with Gasteiger partial charge in [0, 0.05) is 28.2 Å². The predicted octanol–water partition coefficient (Wildman–Crippen LogP) is 5.18. The minimum absolute atomic E-state index is 0.356. The number of carbonyl (C=O) groups is 1. The van der Waals surface area contributed by atoms with Crippen molar-refractivity contribution in [1.29, 1.82) is 0 Å². The number of aromatic nitrogens is 1. The van der Waals surface area contributed by atoms with E-state index in [4.69, 9.17) is 32.7 Å². The summed E-state index contributed by atoms with van der Waals surface area (Å²) >= 11 is 12.2. The lowest BCUT2D eigenvalue weighted by Crippen LogP contribution is -2.17. The quantitative estimate of drug-likeness (QED) is 0.419. The number of halogens is 2. The number of ether oxygens (including phenoxy) is 2. The van der Waals surface area contributed by atoms with Crippen LogP contribution in [0.5, 0.6) is 11.5 Å². The Bertz CT molecular complexity index is 1120. The van der Waals surface area contributed by atoms with E-state index in [1.54, 1.807) is 30.5 Å². The number of benzene rings is 2. The van der Waals surface area contributed by atoms with Crippen LogP contribution in [-0.4, -0.2) is 30.9 Å². The number of nitrogens with one attached hydrogen (secondary N) is 1. The molecule has 1 aromatic heterocycles. The first-order chi connectivity index (χ1) is 14.3. The molecule has 0 spiro atoms. The Labute approximate surface area is 185 Å². The van der Waals surface area contributed by atoms with Crippen LogP contribution >= 0.6 is 23.2 Å². The van der Waals surface area contributed by atoms with Gasteiger partial charge in [-0.05, 0) is 56.3 Å². The summed E-state index contributed by atoms with van der Waals surface area (Å²) < 4.78 is 12.5. The van der Waals surface area contributed by atoms with Crippen molar-refractivity contribution in [2.24, 2.45) is 5.10 Å². The SMILES string of the molecule is COc1ccc(C(=O)N/N=C/c2cc(C)n(-c3ccc(Cl)c(Cl)c3)c2C)cc1OC. The summed E-state index contributed by atoms with van der Waals surface area (Å²) in [6, 6.07) is 12.3. The van der Waals surface area contributed by atoms with Gasteiger partial charge in [0.1, 0.15) is 0 Å². The molecule has 0 unspecified atom stereocenters. The van der Waals surface area contributed by atoms with Crippen molar-refractivity contribution in [2.75, 3.05) is 14.2 Å². The zero-order valence-electron chi connectivity index (χ0n) is 17.0. The molecule has 0 aliphatic heterocycles. The summed E-state index contributed by atoms with van der Waals surface area (Å²) in [6.45, 7) is 3.95. The lowest BCUT2D eigenvalue weighted by atomic mass is 10.2. The molecule has 1 amide bonds. The summed E-state index contributed by atoms with van der Waals surface area (Å²) in [5.74, 6) is 0.664. The van der Waals surface area contributed by atoms with E-state index in [0.29, 0.717) is 27.1 Å². The number of hydrogen-bond acceptors (Lipinski definition) is 4. The highest BCUT2D eigenvalue weighted by molar-refractivity contribution is 6.42. The summed E-state index contributed by atoms with van der Waals surface area (Å²) in [7, 11) is 3.05. The second kappa shape index (κ2) is 9.24. The highest BCUT2D eigenvalue weighted by Gasteiger charge is 2.12. The Morgan fingerprint density at radius 2 is 1.73 bits per heavy atom. The van der Waals surface area contributed by atoms with Crippen molar-refractivity contribution in [3.63, 3.8) is 0 Å². The molecule has 0 saturated heterocycles. The molecule has 0 fully saturated rings. The molecule has 2 aromatic carbocycles. The molecule has 3 rings (SSSR count). The van der Waals surface area contributed by atoms with Gasteiger partial charge >= 0.3 is 0 Å². The number of aryl methyl sites for hydroxylation is 1. The molecule has 0 aliphatic carbocycles. The summed E-state index contributed by atoms with van der Waals surface area (Å²) in [4.78, 5) is 12.4. The maximum absolute atomic E-state index is 12.4. The molecular formula is C22H21Cl2N3O3. The summed E-state index contributed by atoms with van der Waals surface area (Å²) in [5, 5.41) is 5.09. The molecular weight excluding hydrogens is 425 g/mol. The van der Waals surface area contributed by atoms with Crippen LogP contribution in [0, 0.1) is 13.8 Å². The maximum Gasteiger partial charge on any atom is 0.271 e. The van der Waals surface area contributed by atoms with Crippen LogP contribution in [0.4, 0.5) is 0 Å². The van der Waals surface area contributed by atoms with E-state index in [9.17, 15) is 4.79 Å². The third-order valence-corrected chi connectivity index (χ3v) is 5.39. The minimum atomic E-state index is -0.356. The number of carbonyl (C=O) groups excluding carboxylic acids is 1. The zero-order valence-corrected chi connectivity index (χ0v) is 18.5. The fraction of sp³-hybridized carbons (Fsp3) is 0.182. The number of amides is 1. The van der Waals surface area contributed by atoms with Gasteiger partial charge in [-0.25, -0.2) is 5.43 Å². The molecule has 1 heterocycles. The number of nitrogens with zero attached hydrogens (tertiary/aromatic N) is 2. The van der Waals surface area contributed by atoms with Crippen molar-refractivity contribution in [1.82, 2.24) is 9.99 Å². The Hall–Kier alpha value is -2.96. The maximum atomic E-state index is 12.4. The van der Waals surface area contributed by atoms with Gasteiger partial charge in [0.25, 0.3) is 5.91 Å². The van der Waals surface area contributed by atoms with Crippen LogP contribution < -0.4 is 14.9 Å². The Kier molecular flexibility index (Phi) is 6.70. The van der Waals surface area contributed by atoms with E-state index in [1.165, 1.54) is 14.2 Å². The van der Waals surface area contributed by atoms with Gasteiger partial charge in [0.15, 0.2) is 11.5 Å². The van der Waals surface area contributed by atoms with Crippen molar-refractivity contribution in [2.45, 2.75) is 13.8 Å². The van der Waals surface area contributed by atoms with E-state index < -0.39 is 0 Å². The molecule has 8 heteroatoms. The molecule has 3 aromatic rings. The second-order valence-electron chi connectivity index (χ2n) is 6.53. The smallest absolute Gasteiger partial charge is 0.271 e. The average Bonchev–Trinajstić information content (AvgIpc) is 3.02. The highest BCUT2D eigenvalue weighted by atomic mass is 35.5. The molecule has 0 saturated carbocycles. The molecule has 0 atom stereocenters. The largest absolute Gasteiger partial charge is 0.493 e. The third-order valence-electron chi connectivity index (χ3n) is 4.65. The molecule has 0 aliphatic rings. The lowest BCUT2D eigenvalue weighted by Gasteiger charge is -2.10. The number of rotatable bonds is 6. The normalized spacial score (nSPS) is 11.0. The standard InChI is InChI=1S/C22H21Cl2N3O3/c1-13-9-16(14(2)27(13)17-6-7-18(23)19(24)11-17)12-25-26-22(28)15-5-8-20(29-3)21(10-15)30-4/h5-12H,1-4H3,(H,26,28)/b25-12+. The molecule has 156 valence electrons. The van der Waals surface area contributed by atoms with Gasteiger partial charge in [0.05, 0.1) is 30.5 Å². The summed E-state index contributed by atoms with van der Waals surface area (Å²) in [5.41, 5.74) is 6.66. The number of methoxy groups -OCH3 is 2. The number of hydrogen-bond donors (Lipinski definition) is 1. The van der Waals surface area contributed by atoms with Crippen molar-refractivity contribution in [3.05, 3.63) is 75.0 Å². The summed E-state index contributed by atoms with van der Waals surface area (Å²) in [6.07, 6.45) is 1.61. The van der Waals surface area contributed by atoms with Gasteiger partial charge < -0.3 is 14.0 Å². The van der Waals surface area contributed by atoms with E-state index in [2.05, 4.69) is 10.5 Å². The van der Waals surface area contributed by atoms with E-state index in [1.807, 2.05) is 36.6 Å².